The number of benzene rings is 2. The zero-order valence-corrected chi connectivity index (χ0v) is 15.2. The molecule has 2 aromatic rings. The van der Waals surface area contributed by atoms with Crippen molar-refractivity contribution >= 4 is 23.3 Å². The number of rotatable bonds is 4. The molecule has 0 saturated carbocycles. The van der Waals surface area contributed by atoms with Crippen molar-refractivity contribution in [2.75, 3.05) is 6.79 Å². The highest BCUT2D eigenvalue weighted by Gasteiger charge is 2.59. The van der Waals surface area contributed by atoms with Gasteiger partial charge in [-0.2, -0.15) is 0 Å². The highest BCUT2D eigenvalue weighted by Crippen LogP contribution is 2.42. The summed E-state index contributed by atoms with van der Waals surface area (Å²) < 4.78 is 17.0. The Morgan fingerprint density at radius 2 is 1.85 bits per heavy atom. The monoisotopic (exact) mass is 371 g/mol. The molecule has 0 amide bonds. The summed E-state index contributed by atoms with van der Waals surface area (Å²) in [5.74, 6) is -0.510. The molecule has 2 heterocycles. The number of ether oxygens (including phenoxy) is 3. The quantitative estimate of drug-likeness (QED) is 0.763. The molecule has 0 spiro atoms. The summed E-state index contributed by atoms with van der Waals surface area (Å²) in [7, 11) is 0. The molecule has 6 heteroatoms. The van der Waals surface area contributed by atoms with Gasteiger partial charge in [-0.15, -0.1) is 0 Å². The molecule has 0 aliphatic carbocycles. The number of hydrogen-bond donors (Lipinski definition) is 0. The maximum Gasteiger partial charge on any atom is 0.261 e. The summed E-state index contributed by atoms with van der Waals surface area (Å²) in [6.45, 7) is 3.79. The number of nitrogens with zero attached hydrogens (tertiary/aromatic N) is 1. The topological polar surface area (TPSA) is 57.1 Å². The van der Waals surface area contributed by atoms with Gasteiger partial charge in [0.15, 0.2) is 18.5 Å². The van der Waals surface area contributed by atoms with Crippen LogP contribution in [0, 0.1) is 0 Å². The summed E-state index contributed by atoms with van der Waals surface area (Å²) in [4.78, 5) is 17.5. The summed E-state index contributed by atoms with van der Waals surface area (Å²) in [6, 6.07) is 14.3. The smallest absolute Gasteiger partial charge is 0.261 e. The molecule has 0 aromatic heterocycles. The van der Waals surface area contributed by atoms with Gasteiger partial charge in [-0.1, -0.05) is 35.9 Å². The lowest BCUT2D eigenvalue weighted by Crippen LogP contribution is -2.43. The average Bonchev–Trinajstić information content (AvgIpc) is 3.02. The largest absolute Gasteiger partial charge is 0.444 e. The number of carbonyl (C=O) groups is 1. The zero-order chi connectivity index (χ0) is 18.4. The van der Waals surface area contributed by atoms with Gasteiger partial charge in [0.05, 0.1) is 0 Å². The Kier molecular flexibility index (Phi) is 4.10. The van der Waals surface area contributed by atoms with Crippen LogP contribution >= 0.6 is 11.6 Å². The lowest BCUT2D eigenvalue weighted by atomic mass is 9.96. The standard InChI is InChI=1S/C20H18ClNO4/c1-19-20(2,25-12-24-19)26-17(22-19)11-14-5-3-4-6-16(14)18(23)13-7-9-15(21)10-8-13/h3-10H,11-12H2,1-2H3. The Labute approximate surface area is 156 Å². The maximum absolute atomic E-state index is 12.9. The summed E-state index contributed by atoms with van der Waals surface area (Å²) in [5, 5.41) is 0.594. The minimum atomic E-state index is -0.933. The minimum absolute atomic E-state index is 0.0685. The van der Waals surface area contributed by atoms with Crippen LogP contribution in [0.25, 0.3) is 0 Å². The molecule has 0 radical (unpaired) electrons. The third kappa shape index (κ3) is 2.82. The number of hydrogen-bond acceptors (Lipinski definition) is 5. The van der Waals surface area contributed by atoms with E-state index in [-0.39, 0.29) is 12.6 Å². The Bertz CT molecular complexity index is 895. The van der Waals surface area contributed by atoms with E-state index in [2.05, 4.69) is 4.99 Å². The summed E-state index contributed by atoms with van der Waals surface area (Å²) in [6.07, 6.45) is 0.382. The van der Waals surface area contributed by atoms with E-state index in [9.17, 15) is 4.79 Å². The number of aliphatic imine (C=N–C) groups is 1. The van der Waals surface area contributed by atoms with Crippen molar-refractivity contribution in [2.24, 2.45) is 4.99 Å². The highest BCUT2D eigenvalue weighted by atomic mass is 35.5. The van der Waals surface area contributed by atoms with Crippen LogP contribution < -0.4 is 0 Å². The predicted molar refractivity (Wildman–Crippen MR) is 97.4 cm³/mol. The van der Waals surface area contributed by atoms with E-state index in [4.69, 9.17) is 25.8 Å². The molecular formula is C20H18ClNO4. The SMILES string of the molecule is CC12N=C(Cc3ccccc3C(=O)c3ccc(Cl)cc3)OC1(C)OCO2. The van der Waals surface area contributed by atoms with E-state index in [0.717, 1.165) is 5.56 Å². The fraction of sp³-hybridized carbons (Fsp3) is 0.300. The number of ketones is 1. The lowest BCUT2D eigenvalue weighted by Gasteiger charge is -2.26. The van der Waals surface area contributed by atoms with Gasteiger partial charge >= 0.3 is 0 Å². The van der Waals surface area contributed by atoms with Gasteiger partial charge in [-0.05, 0) is 36.8 Å². The van der Waals surface area contributed by atoms with Crippen molar-refractivity contribution in [1.29, 1.82) is 0 Å². The van der Waals surface area contributed by atoms with Crippen molar-refractivity contribution in [3.8, 4) is 0 Å². The van der Waals surface area contributed by atoms with Gasteiger partial charge < -0.3 is 14.2 Å². The third-order valence-corrected chi connectivity index (χ3v) is 5.13. The van der Waals surface area contributed by atoms with E-state index >= 15 is 0 Å². The Morgan fingerprint density at radius 1 is 1.12 bits per heavy atom. The molecular weight excluding hydrogens is 354 g/mol. The molecule has 2 atom stereocenters. The molecule has 2 aliphatic rings. The number of carbonyl (C=O) groups excluding carboxylic acids is 1. The van der Waals surface area contributed by atoms with Crippen LogP contribution in [0.2, 0.25) is 5.02 Å². The van der Waals surface area contributed by atoms with Gasteiger partial charge in [0.2, 0.25) is 5.72 Å². The normalized spacial score (nSPS) is 27.0. The van der Waals surface area contributed by atoms with E-state index < -0.39 is 11.5 Å². The first kappa shape index (κ1) is 17.2. The molecule has 2 aliphatic heterocycles. The summed E-state index contributed by atoms with van der Waals surface area (Å²) >= 11 is 5.91. The molecule has 2 aromatic carbocycles. The van der Waals surface area contributed by atoms with Gasteiger partial charge in [0.25, 0.3) is 5.79 Å². The number of halogens is 1. The average molecular weight is 372 g/mol. The van der Waals surface area contributed by atoms with Crippen LogP contribution in [0.4, 0.5) is 0 Å². The lowest BCUT2D eigenvalue weighted by molar-refractivity contribution is -0.160. The zero-order valence-electron chi connectivity index (χ0n) is 14.5. The van der Waals surface area contributed by atoms with Gasteiger partial charge in [-0.25, -0.2) is 4.99 Å². The molecule has 2 unspecified atom stereocenters. The fourth-order valence-corrected chi connectivity index (χ4v) is 3.28. The Hall–Kier alpha value is -2.21. The van der Waals surface area contributed by atoms with E-state index in [1.165, 1.54) is 0 Å². The second-order valence-electron chi connectivity index (χ2n) is 6.61. The van der Waals surface area contributed by atoms with Crippen LogP contribution in [-0.4, -0.2) is 30.0 Å². The fourth-order valence-electron chi connectivity index (χ4n) is 3.16. The predicted octanol–water partition coefficient (Wildman–Crippen LogP) is 3.98. The molecule has 1 fully saturated rings. The molecule has 134 valence electrons. The Balaban J connectivity index is 1.62. The van der Waals surface area contributed by atoms with Crippen molar-refractivity contribution < 1.29 is 19.0 Å². The first-order valence-electron chi connectivity index (χ1n) is 8.34. The van der Waals surface area contributed by atoms with Gasteiger partial charge in [0.1, 0.15) is 0 Å². The molecule has 5 nitrogen and oxygen atoms in total. The van der Waals surface area contributed by atoms with Crippen LogP contribution in [0.5, 0.6) is 0 Å². The van der Waals surface area contributed by atoms with E-state index in [1.807, 2.05) is 25.1 Å². The van der Waals surface area contributed by atoms with Crippen molar-refractivity contribution in [2.45, 2.75) is 31.8 Å². The van der Waals surface area contributed by atoms with Gasteiger partial charge in [-0.3, -0.25) is 4.79 Å². The van der Waals surface area contributed by atoms with Crippen LogP contribution in [0.1, 0.15) is 35.3 Å². The van der Waals surface area contributed by atoms with Crippen molar-refractivity contribution in [3.63, 3.8) is 0 Å². The first-order chi connectivity index (χ1) is 12.4. The van der Waals surface area contributed by atoms with Crippen molar-refractivity contribution in [1.82, 2.24) is 0 Å². The van der Waals surface area contributed by atoms with Gasteiger partial charge in [0, 0.05) is 29.5 Å². The van der Waals surface area contributed by atoms with Crippen molar-refractivity contribution in [3.05, 3.63) is 70.2 Å². The molecule has 4 rings (SSSR count). The maximum atomic E-state index is 12.9. The minimum Gasteiger partial charge on any atom is -0.444 e. The highest BCUT2D eigenvalue weighted by molar-refractivity contribution is 6.30. The molecule has 0 bridgehead atoms. The van der Waals surface area contributed by atoms with Crippen LogP contribution in [0.3, 0.4) is 0 Å². The van der Waals surface area contributed by atoms with Crippen LogP contribution in [-0.2, 0) is 20.6 Å². The number of fused-ring (bicyclic) bond motifs is 1. The Morgan fingerprint density at radius 3 is 2.58 bits per heavy atom. The third-order valence-electron chi connectivity index (χ3n) is 4.88. The second kappa shape index (κ2) is 6.20. The molecule has 1 saturated heterocycles. The molecule has 26 heavy (non-hydrogen) atoms. The van der Waals surface area contributed by atoms with Crippen LogP contribution in [0.15, 0.2) is 53.5 Å². The van der Waals surface area contributed by atoms with E-state index in [0.29, 0.717) is 28.5 Å². The summed E-state index contributed by atoms with van der Waals surface area (Å²) in [5.41, 5.74) is 1.16. The molecule has 0 N–H and O–H groups in total. The second-order valence-corrected chi connectivity index (χ2v) is 7.05. The first-order valence-corrected chi connectivity index (χ1v) is 8.72. The van der Waals surface area contributed by atoms with E-state index in [1.54, 1.807) is 37.3 Å².